The monoisotopic (exact) mass is 292 g/mol. The first-order valence-corrected chi connectivity index (χ1v) is 7.81. The number of benzene rings is 1. The van der Waals surface area contributed by atoms with Crippen LogP contribution in [0.15, 0.2) is 24.3 Å². The zero-order valence-electron chi connectivity index (χ0n) is 10.9. The van der Waals surface area contributed by atoms with Crippen LogP contribution in [0.25, 0.3) is 11.3 Å². The highest BCUT2D eigenvalue weighted by Gasteiger charge is 2.34. The van der Waals surface area contributed by atoms with Crippen LogP contribution in [0.5, 0.6) is 0 Å². The lowest BCUT2D eigenvalue weighted by Crippen LogP contribution is -2.32. The molecule has 0 spiro atoms. The molecule has 0 unspecified atom stereocenters. The molecule has 19 heavy (non-hydrogen) atoms. The Bertz CT molecular complexity index is 600. The van der Waals surface area contributed by atoms with Crippen molar-refractivity contribution in [3.05, 3.63) is 39.2 Å². The van der Waals surface area contributed by atoms with Crippen LogP contribution in [0.2, 0.25) is 5.02 Å². The lowest BCUT2D eigenvalue weighted by Gasteiger charge is -2.19. The first-order chi connectivity index (χ1) is 9.08. The summed E-state index contributed by atoms with van der Waals surface area (Å²) in [7, 11) is 0. The Morgan fingerprint density at radius 2 is 2.05 bits per heavy atom. The predicted molar refractivity (Wildman–Crippen MR) is 81.6 cm³/mol. The number of hydrogen-bond acceptors (Lipinski definition) is 3. The van der Waals surface area contributed by atoms with Gasteiger partial charge in [0.05, 0.1) is 11.2 Å². The van der Waals surface area contributed by atoms with E-state index >= 15 is 0 Å². The molecule has 1 aliphatic carbocycles. The van der Waals surface area contributed by atoms with E-state index in [0.29, 0.717) is 0 Å². The van der Waals surface area contributed by atoms with E-state index in [4.69, 9.17) is 22.3 Å². The van der Waals surface area contributed by atoms with Crippen molar-refractivity contribution >= 4 is 22.9 Å². The van der Waals surface area contributed by atoms with E-state index in [2.05, 4.69) is 13.0 Å². The van der Waals surface area contributed by atoms with Gasteiger partial charge in [-0.1, -0.05) is 36.6 Å². The smallest absolute Gasteiger partial charge is 0.113 e. The lowest BCUT2D eigenvalue weighted by atomic mass is 10.0. The van der Waals surface area contributed by atoms with Gasteiger partial charge in [-0.25, -0.2) is 4.98 Å². The minimum atomic E-state index is -0.202. The van der Waals surface area contributed by atoms with E-state index in [1.165, 1.54) is 17.7 Å². The highest BCUT2D eigenvalue weighted by Crippen LogP contribution is 2.40. The van der Waals surface area contributed by atoms with Gasteiger partial charge in [-0.15, -0.1) is 11.3 Å². The summed E-state index contributed by atoms with van der Waals surface area (Å²) >= 11 is 7.79. The lowest BCUT2D eigenvalue weighted by molar-refractivity contribution is 0.459. The summed E-state index contributed by atoms with van der Waals surface area (Å²) in [6.07, 6.45) is 4.52. The molecule has 1 fully saturated rings. The zero-order chi connectivity index (χ0) is 13.5. The summed E-state index contributed by atoms with van der Waals surface area (Å²) in [6, 6.07) is 7.86. The van der Waals surface area contributed by atoms with E-state index in [-0.39, 0.29) is 5.54 Å². The number of nitrogens with two attached hydrogens (primary N) is 1. The second-order valence-corrected chi connectivity index (χ2v) is 6.94. The van der Waals surface area contributed by atoms with Crippen LogP contribution < -0.4 is 5.73 Å². The van der Waals surface area contributed by atoms with Crippen LogP contribution in [0.4, 0.5) is 0 Å². The minimum Gasteiger partial charge on any atom is -0.319 e. The van der Waals surface area contributed by atoms with Crippen molar-refractivity contribution in [2.24, 2.45) is 5.73 Å². The number of aromatic nitrogens is 1. The first kappa shape index (κ1) is 13.1. The Labute approximate surface area is 122 Å². The maximum atomic E-state index is 6.49. The van der Waals surface area contributed by atoms with Gasteiger partial charge in [0, 0.05) is 15.5 Å². The molecule has 2 N–H and O–H groups in total. The maximum absolute atomic E-state index is 6.49. The average Bonchev–Trinajstić information content (AvgIpc) is 2.97. The van der Waals surface area contributed by atoms with Crippen molar-refractivity contribution in [2.75, 3.05) is 0 Å². The average molecular weight is 293 g/mol. The van der Waals surface area contributed by atoms with Crippen molar-refractivity contribution in [1.29, 1.82) is 0 Å². The van der Waals surface area contributed by atoms with Crippen molar-refractivity contribution < 1.29 is 0 Å². The normalized spacial score (nSPS) is 17.8. The molecular formula is C15H17ClN2S. The molecule has 0 saturated heterocycles. The number of rotatable bonds is 2. The van der Waals surface area contributed by atoms with Gasteiger partial charge in [-0.2, -0.15) is 0 Å². The topological polar surface area (TPSA) is 38.9 Å². The van der Waals surface area contributed by atoms with Gasteiger partial charge in [0.2, 0.25) is 0 Å². The third-order valence-electron chi connectivity index (χ3n) is 3.82. The molecular weight excluding hydrogens is 276 g/mol. The van der Waals surface area contributed by atoms with Crippen molar-refractivity contribution in [3.63, 3.8) is 0 Å². The molecule has 0 atom stereocenters. The van der Waals surface area contributed by atoms with E-state index in [1.807, 2.05) is 18.2 Å². The molecule has 1 aromatic carbocycles. The van der Waals surface area contributed by atoms with E-state index in [1.54, 1.807) is 11.3 Å². The summed E-state index contributed by atoms with van der Waals surface area (Å²) in [6.45, 7) is 2.11. The molecule has 2 nitrogen and oxygen atoms in total. The summed E-state index contributed by atoms with van der Waals surface area (Å²) in [5.74, 6) is 0. The van der Waals surface area contributed by atoms with Crippen molar-refractivity contribution in [3.8, 4) is 11.3 Å². The second kappa shape index (κ2) is 4.89. The van der Waals surface area contributed by atoms with Gasteiger partial charge in [0.15, 0.2) is 0 Å². The molecule has 1 saturated carbocycles. The number of aryl methyl sites for hydroxylation is 1. The van der Waals surface area contributed by atoms with Gasteiger partial charge >= 0.3 is 0 Å². The van der Waals surface area contributed by atoms with E-state index in [9.17, 15) is 0 Å². The molecule has 2 aromatic rings. The van der Waals surface area contributed by atoms with Crippen LogP contribution in [-0.4, -0.2) is 4.98 Å². The van der Waals surface area contributed by atoms with E-state index < -0.39 is 0 Å². The molecule has 0 radical (unpaired) electrons. The maximum Gasteiger partial charge on any atom is 0.113 e. The van der Waals surface area contributed by atoms with Gasteiger partial charge in [0.25, 0.3) is 0 Å². The summed E-state index contributed by atoms with van der Waals surface area (Å²) < 4.78 is 0. The van der Waals surface area contributed by atoms with Crippen LogP contribution in [-0.2, 0) is 5.54 Å². The van der Waals surface area contributed by atoms with Crippen LogP contribution in [0.3, 0.4) is 0 Å². The molecule has 100 valence electrons. The van der Waals surface area contributed by atoms with Crippen molar-refractivity contribution in [1.82, 2.24) is 4.98 Å². The van der Waals surface area contributed by atoms with Crippen LogP contribution >= 0.6 is 22.9 Å². The Kier molecular flexibility index (Phi) is 3.37. The summed E-state index contributed by atoms with van der Waals surface area (Å²) in [4.78, 5) is 6.03. The Morgan fingerprint density at radius 3 is 2.74 bits per heavy atom. The second-order valence-electron chi connectivity index (χ2n) is 5.30. The van der Waals surface area contributed by atoms with Crippen LogP contribution in [0.1, 0.15) is 35.6 Å². The Morgan fingerprint density at radius 1 is 1.32 bits per heavy atom. The molecule has 3 rings (SSSR count). The van der Waals surface area contributed by atoms with Crippen LogP contribution in [0, 0.1) is 6.92 Å². The third kappa shape index (κ3) is 2.42. The van der Waals surface area contributed by atoms with E-state index in [0.717, 1.165) is 34.1 Å². The van der Waals surface area contributed by atoms with Gasteiger partial charge < -0.3 is 5.73 Å². The number of nitrogens with zero attached hydrogens (tertiary/aromatic N) is 1. The molecule has 0 bridgehead atoms. The molecule has 1 aromatic heterocycles. The summed E-state index contributed by atoms with van der Waals surface area (Å²) in [5, 5.41) is 1.83. The number of halogens is 1. The first-order valence-electron chi connectivity index (χ1n) is 6.61. The Hall–Kier alpha value is -0.900. The highest BCUT2D eigenvalue weighted by molar-refractivity contribution is 7.12. The SMILES string of the molecule is Cc1sc(C2(N)CCCC2)nc1-c1cccc(Cl)c1. The zero-order valence-corrected chi connectivity index (χ0v) is 12.5. The predicted octanol–water partition coefficient (Wildman–Crippen LogP) is 4.50. The highest BCUT2D eigenvalue weighted by atomic mass is 35.5. The molecule has 0 amide bonds. The third-order valence-corrected chi connectivity index (χ3v) is 5.24. The van der Waals surface area contributed by atoms with Gasteiger partial charge in [-0.05, 0) is 31.9 Å². The summed E-state index contributed by atoms with van der Waals surface area (Å²) in [5.41, 5.74) is 8.40. The molecule has 1 heterocycles. The van der Waals surface area contributed by atoms with Gasteiger partial charge in [0.1, 0.15) is 5.01 Å². The fourth-order valence-corrected chi connectivity index (χ4v) is 4.02. The van der Waals surface area contributed by atoms with Crippen molar-refractivity contribution in [2.45, 2.75) is 38.1 Å². The number of thiazole rings is 1. The fraction of sp³-hybridized carbons (Fsp3) is 0.400. The standard InChI is InChI=1S/C15H17ClN2S/c1-10-13(11-5-4-6-12(16)9-11)18-14(19-10)15(17)7-2-3-8-15/h4-6,9H,2-3,7-8,17H2,1H3. The molecule has 1 aliphatic rings. The minimum absolute atomic E-state index is 0.202. The quantitative estimate of drug-likeness (QED) is 0.885. The largest absolute Gasteiger partial charge is 0.319 e. The molecule has 4 heteroatoms. The Balaban J connectivity index is 2.02. The van der Waals surface area contributed by atoms with Gasteiger partial charge in [-0.3, -0.25) is 0 Å². The number of hydrogen-bond donors (Lipinski definition) is 1. The fourth-order valence-electron chi connectivity index (χ4n) is 2.73. The molecule has 0 aliphatic heterocycles.